The Morgan fingerprint density at radius 3 is 2.56 bits per heavy atom. The molecule has 2 aromatic carbocycles. The van der Waals surface area contributed by atoms with Crippen LogP contribution in [0.4, 0.5) is 13.2 Å². The van der Waals surface area contributed by atoms with Crippen LogP contribution < -0.4 is 0 Å². The van der Waals surface area contributed by atoms with Crippen molar-refractivity contribution in [3.05, 3.63) is 69.5 Å². The van der Waals surface area contributed by atoms with E-state index in [9.17, 15) is 13.2 Å². The van der Waals surface area contributed by atoms with Crippen LogP contribution in [-0.4, -0.2) is 0 Å². The average Bonchev–Trinajstić information content (AvgIpc) is 2.64. The molecule has 2 aliphatic rings. The second-order valence-corrected chi connectivity index (χ2v) is 8.50. The van der Waals surface area contributed by atoms with Crippen LogP contribution in [0.25, 0.3) is 0 Å². The van der Waals surface area contributed by atoms with Crippen molar-refractivity contribution >= 4 is 11.6 Å². The van der Waals surface area contributed by atoms with Gasteiger partial charge >= 0.3 is 0 Å². The maximum atomic E-state index is 14.3. The van der Waals surface area contributed by atoms with Crippen LogP contribution in [-0.2, 0) is 6.42 Å². The van der Waals surface area contributed by atoms with Gasteiger partial charge in [0.25, 0.3) is 0 Å². The van der Waals surface area contributed by atoms with E-state index < -0.39 is 11.6 Å². The molecule has 2 aliphatic carbocycles. The van der Waals surface area contributed by atoms with E-state index in [0.717, 1.165) is 49.3 Å². The Balaban J connectivity index is 1.76. The molecule has 1 saturated carbocycles. The molecule has 4 heteroatoms. The Morgan fingerprint density at radius 2 is 1.81 bits per heavy atom. The Labute approximate surface area is 163 Å². The molecule has 4 unspecified atom stereocenters. The summed E-state index contributed by atoms with van der Waals surface area (Å²) in [6.45, 7) is 2.17. The molecule has 4 atom stereocenters. The van der Waals surface area contributed by atoms with Crippen molar-refractivity contribution in [2.45, 2.75) is 57.3 Å². The third-order valence-electron chi connectivity index (χ3n) is 6.64. The van der Waals surface area contributed by atoms with E-state index in [1.165, 1.54) is 6.07 Å². The lowest BCUT2D eigenvalue weighted by Gasteiger charge is -2.47. The summed E-state index contributed by atoms with van der Waals surface area (Å²) in [5.41, 5.74) is 2.48. The normalized spacial score (nSPS) is 27.1. The Bertz CT molecular complexity index is 848. The van der Waals surface area contributed by atoms with Gasteiger partial charge in [0.15, 0.2) is 0 Å². The number of fused-ring (bicyclic) bond motifs is 3. The largest absolute Gasteiger partial charge is 0.207 e. The summed E-state index contributed by atoms with van der Waals surface area (Å²) in [6.07, 6.45) is 5.58. The smallest absolute Gasteiger partial charge is 0.142 e. The van der Waals surface area contributed by atoms with Gasteiger partial charge in [0.05, 0.1) is 5.02 Å². The van der Waals surface area contributed by atoms with Gasteiger partial charge in [0.2, 0.25) is 0 Å². The fraction of sp³-hybridized carbons (Fsp3) is 0.478. The highest BCUT2D eigenvalue weighted by Gasteiger charge is 2.43. The van der Waals surface area contributed by atoms with Gasteiger partial charge in [0.1, 0.15) is 17.5 Å². The number of benzene rings is 2. The van der Waals surface area contributed by atoms with Gasteiger partial charge in [0, 0.05) is 6.07 Å². The first-order valence-electron chi connectivity index (χ1n) is 9.92. The van der Waals surface area contributed by atoms with E-state index in [-0.39, 0.29) is 28.6 Å². The summed E-state index contributed by atoms with van der Waals surface area (Å²) in [7, 11) is 0. The summed E-state index contributed by atoms with van der Waals surface area (Å²) in [5, 5.41) is 0.135. The van der Waals surface area contributed by atoms with E-state index in [0.29, 0.717) is 17.9 Å². The molecule has 0 radical (unpaired) electrons. The van der Waals surface area contributed by atoms with Crippen molar-refractivity contribution in [3.8, 4) is 0 Å². The molecule has 0 heterocycles. The monoisotopic (exact) mass is 392 g/mol. The van der Waals surface area contributed by atoms with Crippen molar-refractivity contribution in [3.63, 3.8) is 0 Å². The van der Waals surface area contributed by atoms with Gasteiger partial charge in [-0.2, -0.15) is 0 Å². The Morgan fingerprint density at radius 1 is 1.00 bits per heavy atom. The summed E-state index contributed by atoms with van der Waals surface area (Å²) in [5.74, 6) is -0.225. The maximum absolute atomic E-state index is 14.3. The molecule has 0 aliphatic heterocycles. The lowest BCUT2D eigenvalue weighted by atomic mass is 9.57. The van der Waals surface area contributed by atoms with E-state index in [4.69, 9.17) is 11.6 Å². The van der Waals surface area contributed by atoms with E-state index in [1.54, 1.807) is 12.1 Å². The topological polar surface area (TPSA) is 0 Å². The molecule has 0 N–H and O–H groups in total. The Hall–Kier alpha value is -1.48. The Kier molecular flexibility index (Phi) is 5.24. The van der Waals surface area contributed by atoms with Gasteiger partial charge in [-0.15, -0.1) is 0 Å². The van der Waals surface area contributed by atoms with Crippen LogP contribution in [0.2, 0.25) is 5.02 Å². The SMILES string of the molecule is CCCC1CCC2c3cc(F)cc(F)c3CCC2C1c1ccc(Cl)c(F)c1. The molecule has 0 amide bonds. The number of rotatable bonds is 3. The van der Waals surface area contributed by atoms with Crippen LogP contribution in [0, 0.1) is 29.3 Å². The molecule has 1 fully saturated rings. The zero-order valence-electron chi connectivity index (χ0n) is 15.5. The predicted octanol–water partition coefficient (Wildman–Crippen LogP) is 7.40. The second kappa shape index (κ2) is 7.50. The third-order valence-corrected chi connectivity index (χ3v) is 6.95. The zero-order chi connectivity index (χ0) is 19.1. The first kappa shape index (κ1) is 18.9. The summed E-state index contributed by atoms with van der Waals surface area (Å²) in [6, 6.07) is 7.65. The zero-order valence-corrected chi connectivity index (χ0v) is 16.2. The molecule has 0 bridgehead atoms. The molecule has 0 spiro atoms. The van der Waals surface area contributed by atoms with Gasteiger partial charge in [-0.25, -0.2) is 13.2 Å². The third kappa shape index (κ3) is 3.40. The number of halogens is 4. The predicted molar refractivity (Wildman–Crippen MR) is 103 cm³/mol. The average molecular weight is 393 g/mol. The van der Waals surface area contributed by atoms with Crippen LogP contribution in [0.5, 0.6) is 0 Å². The molecule has 0 nitrogen and oxygen atoms in total. The first-order chi connectivity index (χ1) is 13.0. The molecular formula is C23H24ClF3. The lowest BCUT2D eigenvalue weighted by Crippen LogP contribution is -2.35. The standard InChI is InChI=1S/C23H24ClF3/c1-2-3-13-4-6-16-18(23(13)14-5-9-20(24)22(27)10-14)8-7-17-19(16)11-15(25)12-21(17)26/h5,9-13,16,18,23H,2-4,6-8H2,1H3. The number of hydrogen-bond donors (Lipinski definition) is 0. The first-order valence-corrected chi connectivity index (χ1v) is 10.3. The van der Waals surface area contributed by atoms with Gasteiger partial charge < -0.3 is 0 Å². The molecule has 27 heavy (non-hydrogen) atoms. The molecule has 0 aromatic heterocycles. The summed E-state index contributed by atoms with van der Waals surface area (Å²) in [4.78, 5) is 0. The molecule has 2 aromatic rings. The fourth-order valence-corrected chi connectivity index (χ4v) is 5.73. The van der Waals surface area contributed by atoms with E-state index in [1.807, 2.05) is 6.07 Å². The second-order valence-electron chi connectivity index (χ2n) is 8.09. The van der Waals surface area contributed by atoms with Crippen LogP contribution >= 0.6 is 11.6 Å². The minimum absolute atomic E-state index is 0.135. The van der Waals surface area contributed by atoms with E-state index >= 15 is 0 Å². The maximum Gasteiger partial charge on any atom is 0.142 e. The van der Waals surface area contributed by atoms with Crippen molar-refractivity contribution < 1.29 is 13.2 Å². The van der Waals surface area contributed by atoms with E-state index in [2.05, 4.69) is 6.92 Å². The van der Waals surface area contributed by atoms with Gasteiger partial charge in [-0.05, 0) is 84.2 Å². The van der Waals surface area contributed by atoms with Crippen molar-refractivity contribution in [1.82, 2.24) is 0 Å². The van der Waals surface area contributed by atoms with Gasteiger partial charge in [-0.1, -0.05) is 37.4 Å². The quantitative estimate of drug-likeness (QED) is 0.510. The van der Waals surface area contributed by atoms with Crippen molar-refractivity contribution in [2.75, 3.05) is 0 Å². The van der Waals surface area contributed by atoms with Crippen LogP contribution in [0.15, 0.2) is 30.3 Å². The minimum Gasteiger partial charge on any atom is -0.207 e. The van der Waals surface area contributed by atoms with Crippen molar-refractivity contribution in [2.24, 2.45) is 11.8 Å². The summed E-state index contributed by atoms with van der Waals surface area (Å²) < 4.78 is 42.4. The highest BCUT2D eigenvalue weighted by atomic mass is 35.5. The number of hydrogen-bond acceptors (Lipinski definition) is 0. The van der Waals surface area contributed by atoms with Crippen LogP contribution in [0.1, 0.15) is 67.6 Å². The molecule has 4 rings (SSSR count). The lowest BCUT2D eigenvalue weighted by molar-refractivity contribution is 0.159. The molecule has 144 valence electrons. The molecular weight excluding hydrogens is 369 g/mol. The summed E-state index contributed by atoms with van der Waals surface area (Å²) >= 11 is 5.90. The fourth-order valence-electron chi connectivity index (χ4n) is 5.62. The highest BCUT2D eigenvalue weighted by molar-refractivity contribution is 6.30. The van der Waals surface area contributed by atoms with Gasteiger partial charge in [-0.3, -0.25) is 0 Å². The van der Waals surface area contributed by atoms with Crippen molar-refractivity contribution in [1.29, 1.82) is 0 Å². The minimum atomic E-state index is -0.503. The van der Waals surface area contributed by atoms with Crippen LogP contribution in [0.3, 0.4) is 0 Å². The molecule has 0 saturated heterocycles. The highest BCUT2D eigenvalue weighted by Crippen LogP contribution is 2.55.